The van der Waals surface area contributed by atoms with Crippen LogP contribution >= 0.6 is 0 Å². The number of hydrogen-bond acceptors (Lipinski definition) is 8. The molecule has 1 aliphatic rings. The number of nitrogens with two attached hydrogens (primary N) is 3. The molecule has 17 heteroatoms. The highest BCUT2D eigenvalue weighted by Crippen LogP contribution is 2.44. The van der Waals surface area contributed by atoms with Crippen LogP contribution in [0.5, 0.6) is 0 Å². The number of urea groups is 1. The van der Waals surface area contributed by atoms with Crippen molar-refractivity contribution in [2.24, 2.45) is 28.1 Å². The summed E-state index contributed by atoms with van der Waals surface area (Å²) < 4.78 is 5.62. The molecule has 17 nitrogen and oxygen atoms in total. The molecule has 1 aliphatic carbocycles. The fourth-order valence-electron chi connectivity index (χ4n) is 5.52. The average Bonchev–Trinajstić information content (AvgIpc) is 3.40. The van der Waals surface area contributed by atoms with Crippen LogP contribution in [0.3, 0.4) is 0 Å². The van der Waals surface area contributed by atoms with Gasteiger partial charge in [0.1, 0.15) is 24.7 Å². The van der Waals surface area contributed by atoms with Crippen molar-refractivity contribution in [1.29, 1.82) is 0 Å². The Labute approximate surface area is 289 Å². The van der Waals surface area contributed by atoms with Gasteiger partial charge in [-0.25, -0.2) is 15.0 Å². The Bertz CT molecular complexity index is 1530. The predicted molar refractivity (Wildman–Crippen MR) is 183 cm³/mol. The van der Waals surface area contributed by atoms with Crippen LogP contribution in [0, 0.1) is 5.92 Å². The number of hydrazine groups is 1. The Morgan fingerprint density at radius 3 is 1.96 bits per heavy atom. The Morgan fingerprint density at radius 1 is 0.820 bits per heavy atom. The van der Waals surface area contributed by atoms with Crippen LogP contribution in [0.15, 0.2) is 53.5 Å². The van der Waals surface area contributed by atoms with Gasteiger partial charge in [-0.15, -0.1) is 0 Å². The van der Waals surface area contributed by atoms with E-state index in [1.807, 2.05) is 54.0 Å². The van der Waals surface area contributed by atoms with E-state index in [-0.39, 0.29) is 44.3 Å². The Morgan fingerprint density at radius 2 is 1.40 bits per heavy atom. The minimum Gasteiger partial charge on any atom is -0.481 e. The molecule has 270 valence electrons. The third-order valence-electron chi connectivity index (χ3n) is 8.28. The topological polar surface area (TPSA) is 282 Å². The van der Waals surface area contributed by atoms with Crippen LogP contribution in [-0.2, 0) is 23.9 Å². The number of primary amides is 1. The van der Waals surface area contributed by atoms with Gasteiger partial charge in [0, 0.05) is 18.9 Å². The number of aliphatic carboxylic acids is 1. The number of aliphatic imine (C=N–C) groups is 1. The van der Waals surface area contributed by atoms with Crippen LogP contribution < -0.4 is 44.0 Å². The lowest BCUT2D eigenvalue weighted by atomic mass is 9.97. The van der Waals surface area contributed by atoms with Crippen molar-refractivity contribution >= 4 is 41.8 Å². The third-order valence-corrected chi connectivity index (χ3v) is 8.28. The van der Waals surface area contributed by atoms with E-state index in [2.05, 4.69) is 26.4 Å². The van der Waals surface area contributed by atoms with E-state index in [4.69, 9.17) is 21.9 Å². The highest BCUT2D eigenvalue weighted by atomic mass is 16.5. The Balaban J connectivity index is 1.76. The van der Waals surface area contributed by atoms with Crippen molar-refractivity contribution in [3.05, 3.63) is 59.7 Å². The lowest BCUT2D eigenvalue weighted by Gasteiger charge is -2.27. The number of nitrogens with zero attached hydrogens (tertiary/aromatic N) is 1. The van der Waals surface area contributed by atoms with E-state index >= 15 is 0 Å². The third kappa shape index (κ3) is 11.1. The lowest BCUT2D eigenvalue weighted by Crippen LogP contribution is -2.59. The maximum atomic E-state index is 13.6. The van der Waals surface area contributed by atoms with Crippen LogP contribution in [0.4, 0.5) is 9.59 Å². The molecule has 6 amide bonds. The number of carboxylic acid groups (broad SMARTS) is 1. The average molecular weight is 696 g/mol. The number of amides is 6. The fourth-order valence-corrected chi connectivity index (χ4v) is 5.52. The molecular weight excluding hydrogens is 650 g/mol. The zero-order valence-corrected chi connectivity index (χ0v) is 27.9. The molecule has 2 aromatic rings. The number of rotatable bonds is 17. The number of fused-ring (bicyclic) bond motifs is 3. The molecule has 0 aliphatic heterocycles. The van der Waals surface area contributed by atoms with E-state index in [0.717, 1.165) is 22.3 Å². The molecule has 4 atom stereocenters. The summed E-state index contributed by atoms with van der Waals surface area (Å²) in [7, 11) is 0. The Hall–Kier alpha value is -5.87. The van der Waals surface area contributed by atoms with Gasteiger partial charge in [-0.1, -0.05) is 68.8 Å². The van der Waals surface area contributed by atoms with Crippen LogP contribution in [0.25, 0.3) is 11.1 Å². The number of benzene rings is 2. The van der Waals surface area contributed by atoms with Crippen LogP contribution in [0.2, 0.25) is 0 Å². The highest BCUT2D eigenvalue weighted by Gasteiger charge is 2.33. The zero-order chi connectivity index (χ0) is 36.8. The number of nitrogens with one attached hydrogen (secondary N) is 5. The molecule has 0 fully saturated rings. The molecule has 0 bridgehead atoms. The van der Waals surface area contributed by atoms with Gasteiger partial charge in [-0.2, -0.15) is 0 Å². The molecular formula is C33H45N9O8. The first-order valence-corrected chi connectivity index (χ1v) is 16.2. The van der Waals surface area contributed by atoms with Gasteiger partial charge in [0.25, 0.3) is 5.91 Å². The van der Waals surface area contributed by atoms with E-state index in [1.54, 1.807) is 13.8 Å². The van der Waals surface area contributed by atoms with Crippen molar-refractivity contribution in [3.8, 4) is 11.1 Å². The number of carbonyl (C=O) groups excluding carboxylic acids is 5. The summed E-state index contributed by atoms with van der Waals surface area (Å²) in [4.78, 5) is 79.3. The van der Waals surface area contributed by atoms with Gasteiger partial charge >= 0.3 is 18.1 Å². The van der Waals surface area contributed by atoms with Gasteiger partial charge < -0.3 is 43.0 Å². The maximum Gasteiger partial charge on any atom is 0.407 e. The quantitative estimate of drug-likeness (QED) is 0.0479. The smallest absolute Gasteiger partial charge is 0.407 e. The van der Waals surface area contributed by atoms with Crippen molar-refractivity contribution < 1.29 is 38.6 Å². The summed E-state index contributed by atoms with van der Waals surface area (Å²) >= 11 is 0. The second kappa shape index (κ2) is 18.6. The summed E-state index contributed by atoms with van der Waals surface area (Å²) in [6, 6.07) is 10.7. The molecule has 0 spiro atoms. The summed E-state index contributed by atoms with van der Waals surface area (Å²) in [5, 5.41) is 16.9. The van der Waals surface area contributed by atoms with E-state index in [9.17, 15) is 33.9 Å². The van der Waals surface area contributed by atoms with E-state index in [0.29, 0.717) is 6.42 Å². The molecule has 2 aromatic carbocycles. The van der Waals surface area contributed by atoms with Gasteiger partial charge in [0.05, 0.1) is 0 Å². The second-order valence-electron chi connectivity index (χ2n) is 11.8. The second-order valence-corrected chi connectivity index (χ2v) is 11.8. The molecule has 0 radical (unpaired) electrons. The fraction of sp³-hybridized carbons (Fsp3) is 0.424. The van der Waals surface area contributed by atoms with E-state index in [1.165, 1.54) is 0 Å². The number of ether oxygens (including phenoxy) is 1. The maximum absolute atomic E-state index is 13.6. The first-order chi connectivity index (χ1) is 23.8. The van der Waals surface area contributed by atoms with Gasteiger partial charge in [-0.05, 0) is 47.4 Å². The zero-order valence-electron chi connectivity index (χ0n) is 27.9. The normalized spacial score (nSPS) is 14.0. The van der Waals surface area contributed by atoms with Gasteiger partial charge in [0.15, 0.2) is 5.96 Å². The molecule has 3 rings (SSSR count). The monoisotopic (exact) mass is 695 g/mol. The number of guanidine groups is 1. The van der Waals surface area contributed by atoms with Crippen molar-refractivity contribution in [2.45, 2.75) is 70.0 Å². The van der Waals surface area contributed by atoms with Gasteiger partial charge in [-0.3, -0.25) is 29.6 Å². The molecule has 50 heavy (non-hydrogen) atoms. The lowest BCUT2D eigenvalue weighted by molar-refractivity contribution is -0.138. The molecule has 0 saturated heterocycles. The van der Waals surface area contributed by atoms with Crippen molar-refractivity contribution in [1.82, 2.24) is 26.8 Å². The first-order valence-electron chi connectivity index (χ1n) is 16.2. The molecule has 0 heterocycles. The summed E-state index contributed by atoms with van der Waals surface area (Å²) in [5.74, 6) is -4.53. The van der Waals surface area contributed by atoms with Crippen LogP contribution in [-0.4, -0.2) is 78.2 Å². The highest BCUT2D eigenvalue weighted by molar-refractivity contribution is 5.94. The van der Waals surface area contributed by atoms with Crippen molar-refractivity contribution in [2.75, 3.05) is 13.2 Å². The molecule has 0 aromatic heterocycles. The minimum absolute atomic E-state index is 0.0183. The molecule has 0 unspecified atom stereocenters. The molecule has 0 saturated carbocycles. The number of carbonyl (C=O) groups is 6. The first kappa shape index (κ1) is 38.6. The SMILES string of the molecule is CC[C@H](C)[C@H](NC(=O)[C@H](CCC(=O)O)NC(=O)[C@H](CCCN=C(N)N)NC(=O)OCC1c2ccccc2-c2ccccc21)C(=O)NNC(N)=O. The summed E-state index contributed by atoms with van der Waals surface area (Å²) in [6.45, 7) is 3.55. The standard InChI is InChI=1S/C33H45N9O8/c1-3-18(2)27(30(47)41-42-32(36)48)40-29(46)25(14-15-26(43)44)38-28(45)24(13-8-16-37-31(34)35)39-33(49)50-17-23-21-11-6-4-9-19(21)20-10-5-7-12-22(20)23/h4-7,9-12,18,23-25,27H,3,8,13-17H2,1-2H3,(H,38,45)(H,39,49)(H,40,46)(H,41,47)(H,43,44)(H4,34,35,37)(H3,36,42,48)/t18-,24-,25-,27-/m0/s1. The van der Waals surface area contributed by atoms with Crippen molar-refractivity contribution in [3.63, 3.8) is 0 Å². The Kier molecular flexibility index (Phi) is 14.4. The molecule has 12 N–H and O–H groups in total. The largest absolute Gasteiger partial charge is 0.481 e. The van der Waals surface area contributed by atoms with E-state index < -0.39 is 66.3 Å². The van der Waals surface area contributed by atoms with Gasteiger partial charge in [0.2, 0.25) is 11.8 Å². The number of carboxylic acids is 1. The van der Waals surface area contributed by atoms with Crippen LogP contribution in [0.1, 0.15) is 63.0 Å². The number of hydrogen-bond donors (Lipinski definition) is 9. The number of alkyl carbamates (subject to hydrolysis) is 1. The minimum atomic E-state index is -1.42. The predicted octanol–water partition coefficient (Wildman–Crippen LogP) is 0.527. The summed E-state index contributed by atoms with van der Waals surface area (Å²) in [6.07, 6.45) is -1.03. The summed E-state index contributed by atoms with van der Waals surface area (Å²) in [5.41, 5.74) is 24.0.